The summed E-state index contributed by atoms with van der Waals surface area (Å²) in [5.74, 6) is 0.00428. The van der Waals surface area contributed by atoms with Crippen LogP contribution in [-0.4, -0.2) is 21.9 Å². The number of aromatic nitrogens is 2. The molecule has 0 aliphatic heterocycles. The summed E-state index contributed by atoms with van der Waals surface area (Å²) in [4.78, 5) is 12.1. The molecule has 1 heterocycles. The van der Waals surface area contributed by atoms with Crippen molar-refractivity contribution < 1.29 is 4.79 Å². The lowest BCUT2D eigenvalue weighted by Gasteiger charge is -2.06. The second-order valence-electron chi connectivity index (χ2n) is 5.33. The smallest absolute Gasteiger partial charge is 0.234 e. The fourth-order valence-corrected chi connectivity index (χ4v) is 3.98. The van der Waals surface area contributed by atoms with Gasteiger partial charge in [0, 0.05) is 10.7 Å². The summed E-state index contributed by atoms with van der Waals surface area (Å²) in [5, 5.41) is 15.7. The van der Waals surface area contributed by atoms with Gasteiger partial charge in [-0.3, -0.25) is 4.79 Å². The van der Waals surface area contributed by atoms with Gasteiger partial charge in [-0.15, -0.1) is 10.2 Å². The summed E-state index contributed by atoms with van der Waals surface area (Å²) >= 11 is 14.7. The van der Waals surface area contributed by atoms with Crippen molar-refractivity contribution in [2.45, 2.75) is 11.3 Å². The Balaban J connectivity index is 1.54. The highest BCUT2D eigenvalue weighted by Crippen LogP contribution is 2.29. The monoisotopic (exact) mass is 424 g/mol. The maximum Gasteiger partial charge on any atom is 0.234 e. The zero-order chi connectivity index (χ0) is 18.5. The van der Waals surface area contributed by atoms with Gasteiger partial charge in [-0.1, -0.05) is 58.4 Å². The van der Waals surface area contributed by atoms with Crippen LogP contribution in [0.15, 0.2) is 46.8 Å². The molecular weight excluding hydrogens is 411 g/mol. The Morgan fingerprint density at radius 2 is 2.04 bits per heavy atom. The van der Waals surface area contributed by atoms with Gasteiger partial charge in [0.25, 0.3) is 0 Å². The average molecular weight is 425 g/mol. The molecule has 2 N–H and O–H groups in total. The lowest BCUT2D eigenvalue weighted by molar-refractivity contribution is -0.113. The van der Waals surface area contributed by atoms with E-state index in [1.54, 1.807) is 18.2 Å². The fourth-order valence-electron chi connectivity index (χ4n) is 2.07. The Morgan fingerprint density at radius 3 is 2.85 bits per heavy atom. The number of rotatable bonds is 6. The number of carbonyl (C=O) groups excluding carboxylic acids is 1. The highest BCUT2D eigenvalue weighted by atomic mass is 35.5. The molecule has 0 bridgehead atoms. The summed E-state index contributed by atoms with van der Waals surface area (Å²) in [6.45, 7) is 2.03. The largest absolute Gasteiger partial charge is 0.330 e. The van der Waals surface area contributed by atoms with Gasteiger partial charge in [-0.25, -0.2) is 0 Å². The molecule has 0 saturated heterocycles. The highest BCUT2D eigenvalue weighted by molar-refractivity contribution is 8.01. The van der Waals surface area contributed by atoms with Gasteiger partial charge >= 0.3 is 0 Å². The number of halogens is 2. The van der Waals surface area contributed by atoms with E-state index in [-0.39, 0.29) is 11.7 Å². The molecule has 0 atom stereocenters. The first-order valence-corrected chi connectivity index (χ1v) is 10.1. The minimum Gasteiger partial charge on any atom is -0.330 e. The first-order valence-electron chi connectivity index (χ1n) is 7.54. The maximum absolute atomic E-state index is 12.1. The number of thioether (sulfide) groups is 1. The Hall–Kier alpha value is -1.80. The van der Waals surface area contributed by atoms with Gasteiger partial charge in [-0.2, -0.15) is 0 Å². The van der Waals surface area contributed by atoms with Gasteiger partial charge in [0.2, 0.25) is 11.0 Å². The normalized spacial score (nSPS) is 10.6. The quantitative estimate of drug-likeness (QED) is 0.501. The molecule has 1 aromatic heterocycles. The number of nitrogens with zero attached hydrogens (tertiary/aromatic N) is 2. The molecule has 3 rings (SSSR count). The number of benzene rings is 2. The molecular formula is C17H14Cl2N4OS2. The van der Waals surface area contributed by atoms with Crippen LogP contribution in [0.5, 0.6) is 0 Å². The van der Waals surface area contributed by atoms with Crippen molar-refractivity contribution in [3.05, 3.63) is 58.1 Å². The van der Waals surface area contributed by atoms with Gasteiger partial charge in [0.05, 0.1) is 16.5 Å². The SMILES string of the molecule is Cc1cccc(Nc2nnc(SCC(=O)Nc3cc(Cl)ccc3Cl)s2)c1. The lowest BCUT2D eigenvalue weighted by Crippen LogP contribution is -2.14. The standard InChI is InChI=1S/C17H14Cl2N4OS2/c1-10-3-2-4-12(7-10)20-16-22-23-17(26-16)25-9-15(24)21-14-8-11(18)5-6-13(14)19/h2-8H,9H2,1H3,(H,20,22)(H,21,24). The molecule has 0 saturated carbocycles. The molecule has 0 aliphatic carbocycles. The van der Waals surface area contributed by atoms with Crippen LogP contribution in [0.3, 0.4) is 0 Å². The van der Waals surface area contributed by atoms with E-state index >= 15 is 0 Å². The predicted octanol–water partition coefficient (Wildman–Crippen LogP) is 5.63. The Morgan fingerprint density at radius 1 is 1.19 bits per heavy atom. The second kappa shape index (κ2) is 8.73. The zero-order valence-electron chi connectivity index (χ0n) is 13.6. The summed E-state index contributed by atoms with van der Waals surface area (Å²) in [7, 11) is 0. The van der Waals surface area contributed by atoms with Crippen molar-refractivity contribution >= 4 is 68.7 Å². The van der Waals surface area contributed by atoms with E-state index in [4.69, 9.17) is 23.2 Å². The molecule has 1 amide bonds. The highest BCUT2D eigenvalue weighted by Gasteiger charge is 2.10. The number of carbonyl (C=O) groups is 1. The first kappa shape index (κ1) is 19.0. The number of amides is 1. The number of nitrogens with one attached hydrogen (secondary N) is 2. The summed E-state index contributed by atoms with van der Waals surface area (Å²) in [6.07, 6.45) is 0. The summed E-state index contributed by atoms with van der Waals surface area (Å²) in [6, 6.07) is 12.9. The topological polar surface area (TPSA) is 66.9 Å². The second-order valence-corrected chi connectivity index (χ2v) is 8.37. The van der Waals surface area contributed by atoms with Crippen molar-refractivity contribution in [1.82, 2.24) is 10.2 Å². The molecule has 0 radical (unpaired) electrons. The Labute approximate surface area is 169 Å². The van der Waals surface area contributed by atoms with Crippen LogP contribution in [0, 0.1) is 6.92 Å². The lowest BCUT2D eigenvalue weighted by atomic mass is 10.2. The zero-order valence-corrected chi connectivity index (χ0v) is 16.8. The van der Waals surface area contributed by atoms with Crippen molar-refractivity contribution in [3.63, 3.8) is 0 Å². The molecule has 9 heteroatoms. The number of anilines is 3. The van der Waals surface area contributed by atoms with E-state index in [0.29, 0.717) is 25.2 Å². The first-order chi connectivity index (χ1) is 12.5. The van der Waals surface area contributed by atoms with Crippen LogP contribution in [0.25, 0.3) is 0 Å². The van der Waals surface area contributed by atoms with E-state index in [9.17, 15) is 4.79 Å². The molecule has 0 spiro atoms. The number of aryl methyl sites for hydroxylation is 1. The molecule has 3 aromatic rings. The molecule has 26 heavy (non-hydrogen) atoms. The molecule has 0 fully saturated rings. The van der Waals surface area contributed by atoms with E-state index in [1.165, 1.54) is 23.1 Å². The van der Waals surface area contributed by atoms with E-state index in [1.807, 2.05) is 31.2 Å². The minimum absolute atomic E-state index is 0.192. The van der Waals surface area contributed by atoms with Crippen LogP contribution in [-0.2, 0) is 4.79 Å². The molecule has 2 aromatic carbocycles. The van der Waals surface area contributed by atoms with Crippen molar-refractivity contribution in [2.75, 3.05) is 16.4 Å². The number of hydrogen-bond acceptors (Lipinski definition) is 6. The van der Waals surface area contributed by atoms with Gasteiger partial charge in [0.15, 0.2) is 4.34 Å². The molecule has 0 unspecified atom stereocenters. The third-order valence-electron chi connectivity index (χ3n) is 3.21. The van der Waals surface area contributed by atoms with E-state index in [2.05, 4.69) is 20.8 Å². The summed E-state index contributed by atoms with van der Waals surface area (Å²) < 4.78 is 0.701. The van der Waals surface area contributed by atoms with Crippen LogP contribution in [0.2, 0.25) is 10.0 Å². The van der Waals surface area contributed by atoms with E-state index < -0.39 is 0 Å². The van der Waals surface area contributed by atoms with Crippen molar-refractivity contribution in [3.8, 4) is 0 Å². The molecule has 5 nitrogen and oxygen atoms in total. The summed E-state index contributed by atoms with van der Waals surface area (Å²) in [5.41, 5.74) is 2.60. The van der Waals surface area contributed by atoms with Gasteiger partial charge in [-0.05, 0) is 42.8 Å². The fraction of sp³-hybridized carbons (Fsp3) is 0.118. The van der Waals surface area contributed by atoms with Crippen LogP contribution < -0.4 is 10.6 Å². The van der Waals surface area contributed by atoms with Crippen molar-refractivity contribution in [2.24, 2.45) is 0 Å². The number of hydrogen-bond donors (Lipinski definition) is 2. The van der Waals surface area contributed by atoms with Crippen LogP contribution in [0.1, 0.15) is 5.56 Å². The third-order valence-corrected chi connectivity index (χ3v) is 5.74. The van der Waals surface area contributed by atoms with E-state index in [0.717, 1.165) is 11.3 Å². The Kier molecular flexibility index (Phi) is 6.37. The maximum atomic E-state index is 12.1. The third kappa shape index (κ3) is 5.35. The minimum atomic E-state index is -0.192. The van der Waals surface area contributed by atoms with Gasteiger partial charge in [0.1, 0.15) is 0 Å². The van der Waals surface area contributed by atoms with Crippen molar-refractivity contribution in [1.29, 1.82) is 0 Å². The predicted molar refractivity (Wildman–Crippen MR) is 110 cm³/mol. The molecule has 0 aliphatic rings. The molecule has 134 valence electrons. The van der Waals surface area contributed by atoms with Crippen LogP contribution in [0.4, 0.5) is 16.5 Å². The average Bonchev–Trinajstić information content (AvgIpc) is 3.04. The Bertz CT molecular complexity index is 933. The van der Waals surface area contributed by atoms with Crippen LogP contribution >= 0.6 is 46.3 Å². The van der Waals surface area contributed by atoms with Gasteiger partial charge < -0.3 is 10.6 Å².